The monoisotopic (exact) mass is 274 g/mol. The van der Waals surface area contributed by atoms with Crippen LogP contribution in [0.1, 0.15) is 44.1 Å². The molecule has 20 heavy (non-hydrogen) atoms. The maximum absolute atomic E-state index is 4.38. The van der Waals surface area contributed by atoms with Crippen molar-refractivity contribution in [2.24, 2.45) is 0 Å². The summed E-state index contributed by atoms with van der Waals surface area (Å²) in [7, 11) is 0. The number of hydrogen-bond acceptors (Lipinski definition) is 5. The van der Waals surface area contributed by atoms with Gasteiger partial charge >= 0.3 is 0 Å². The molecule has 6 heteroatoms. The molecule has 1 atom stereocenters. The smallest absolute Gasteiger partial charge is 0.138 e. The molecule has 0 saturated heterocycles. The summed E-state index contributed by atoms with van der Waals surface area (Å²) in [5.41, 5.74) is 1.14. The molecule has 1 N–H and O–H groups in total. The lowest BCUT2D eigenvalue weighted by atomic mass is 10.1. The van der Waals surface area contributed by atoms with E-state index in [1.165, 1.54) is 0 Å². The van der Waals surface area contributed by atoms with Gasteiger partial charge in [0.25, 0.3) is 0 Å². The van der Waals surface area contributed by atoms with E-state index < -0.39 is 0 Å². The predicted octanol–water partition coefficient (Wildman–Crippen LogP) is 1.76. The second kappa shape index (κ2) is 7.69. The van der Waals surface area contributed by atoms with Crippen LogP contribution in [0.3, 0.4) is 0 Å². The lowest BCUT2D eigenvalue weighted by Gasteiger charge is -2.18. The van der Waals surface area contributed by atoms with Crippen LogP contribution in [0, 0.1) is 0 Å². The van der Waals surface area contributed by atoms with Crippen molar-refractivity contribution < 1.29 is 0 Å². The molecule has 0 bridgehead atoms. The number of hydrogen-bond donors (Lipinski definition) is 1. The minimum atomic E-state index is 0.199. The quantitative estimate of drug-likeness (QED) is 0.794. The third kappa shape index (κ3) is 3.84. The van der Waals surface area contributed by atoms with E-state index in [-0.39, 0.29) is 6.04 Å². The highest BCUT2D eigenvalue weighted by molar-refractivity contribution is 5.13. The molecular formula is C14H22N6. The van der Waals surface area contributed by atoms with Crippen LogP contribution in [0.15, 0.2) is 24.8 Å². The van der Waals surface area contributed by atoms with Gasteiger partial charge < -0.3 is 5.32 Å². The topological polar surface area (TPSA) is 68.5 Å². The first kappa shape index (κ1) is 14.6. The van der Waals surface area contributed by atoms with Crippen molar-refractivity contribution in [3.05, 3.63) is 36.2 Å². The molecule has 0 radical (unpaired) electrons. The van der Waals surface area contributed by atoms with Gasteiger partial charge in [-0.05, 0) is 31.0 Å². The molecule has 0 aliphatic carbocycles. The number of nitrogens with one attached hydrogen (secondary N) is 1. The summed E-state index contributed by atoms with van der Waals surface area (Å²) in [5.74, 6) is 1.01. The Morgan fingerprint density at radius 2 is 2.15 bits per heavy atom. The Balaban J connectivity index is 2.13. The molecule has 1 unspecified atom stereocenters. The maximum Gasteiger partial charge on any atom is 0.138 e. The minimum absolute atomic E-state index is 0.199. The number of aryl methyl sites for hydroxylation is 1. The Morgan fingerprint density at radius 3 is 2.85 bits per heavy atom. The number of rotatable bonds is 8. The van der Waals surface area contributed by atoms with E-state index in [4.69, 9.17) is 0 Å². The molecule has 6 nitrogen and oxygen atoms in total. The maximum atomic E-state index is 4.38. The summed E-state index contributed by atoms with van der Waals surface area (Å²) in [6.45, 7) is 6.18. The molecule has 0 amide bonds. The van der Waals surface area contributed by atoms with E-state index in [1.54, 1.807) is 12.5 Å². The number of nitrogens with zero attached hydrogens (tertiary/aromatic N) is 5. The van der Waals surface area contributed by atoms with Crippen LogP contribution >= 0.6 is 0 Å². The Hall–Kier alpha value is -1.82. The van der Waals surface area contributed by atoms with Gasteiger partial charge in [0.15, 0.2) is 0 Å². The van der Waals surface area contributed by atoms with Gasteiger partial charge in [0.2, 0.25) is 0 Å². The molecule has 2 aromatic heterocycles. The van der Waals surface area contributed by atoms with Crippen molar-refractivity contribution in [2.75, 3.05) is 6.54 Å². The van der Waals surface area contributed by atoms with E-state index in [2.05, 4.69) is 39.4 Å². The summed E-state index contributed by atoms with van der Waals surface area (Å²) in [6, 6.07) is 2.20. The molecule has 0 aliphatic rings. The van der Waals surface area contributed by atoms with Crippen molar-refractivity contribution in [2.45, 2.75) is 45.7 Å². The number of aromatic nitrogens is 5. The molecule has 0 spiro atoms. The first-order valence-electron chi connectivity index (χ1n) is 7.21. The fourth-order valence-electron chi connectivity index (χ4n) is 2.16. The van der Waals surface area contributed by atoms with Crippen molar-refractivity contribution in [1.29, 1.82) is 0 Å². The van der Waals surface area contributed by atoms with Gasteiger partial charge in [0.05, 0.1) is 6.20 Å². The van der Waals surface area contributed by atoms with Crippen LogP contribution in [-0.4, -0.2) is 31.5 Å². The van der Waals surface area contributed by atoms with Crippen LogP contribution in [0.25, 0.3) is 0 Å². The Morgan fingerprint density at radius 1 is 1.25 bits per heavy atom. The third-order valence-electron chi connectivity index (χ3n) is 3.17. The first-order valence-corrected chi connectivity index (χ1v) is 7.21. The molecule has 0 aromatic carbocycles. The van der Waals surface area contributed by atoms with E-state index in [0.717, 1.165) is 43.7 Å². The lowest BCUT2D eigenvalue weighted by molar-refractivity contribution is 0.487. The van der Waals surface area contributed by atoms with Crippen molar-refractivity contribution in [1.82, 2.24) is 30.3 Å². The van der Waals surface area contributed by atoms with Crippen LogP contribution in [0.5, 0.6) is 0 Å². The van der Waals surface area contributed by atoms with Gasteiger partial charge in [-0.1, -0.05) is 13.8 Å². The zero-order valence-electron chi connectivity index (χ0n) is 12.2. The van der Waals surface area contributed by atoms with Gasteiger partial charge in [-0.25, -0.2) is 4.98 Å². The van der Waals surface area contributed by atoms with E-state index in [0.29, 0.717) is 0 Å². The summed E-state index contributed by atoms with van der Waals surface area (Å²) in [4.78, 5) is 4.38. The molecular weight excluding hydrogens is 252 g/mol. The molecule has 0 fully saturated rings. The molecule has 0 aliphatic heterocycles. The van der Waals surface area contributed by atoms with Crippen LogP contribution in [-0.2, 0) is 13.0 Å². The normalized spacial score (nSPS) is 12.5. The van der Waals surface area contributed by atoms with E-state index in [1.807, 2.05) is 16.9 Å². The van der Waals surface area contributed by atoms with Gasteiger partial charge in [-0.15, -0.1) is 0 Å². The Kier molecular flexibility index (Phi) is 5.61. The lowest BCUT2D eigenvalue weighted by Crippen LogP contribution is -2.25. The second-order valence-electron chi connectivity index (χ2n) is 4.79. The Labute approximate surface area is 119 Å². The van der Waals surface area contributed by atoms with Gasteiger partial charge in [0.1, 0.15) is 12.2 Å². The summed E-state index contributed by atoms with van der Waals surface area (Å²) < 4.78 is 1.98. The molecule has 2 aromatic rings. The highest BCUT2D eigenvalue weighted by Crippen LogP contribution is 2.16. The fourth-order valence-corrected chi connectivity index (χ4v) is 2.16. The minimum Gasteiger partial charge on any atom is -0.310 e. The zero-order valence-corrected chi connectivity index (χ0v) is 12.2. The zero-order chi connectivity index (χ0) is 14.2. The largest absolute Gasteiger partial charge is 0.310 e. The van der Waals surface area contributed by atoms with Gasteiger partial charge in [-0.3, -0.25) is 4.68 Å². The average molecular weight is 274 g/mol. The van der Waals surface area contributed by atoms with Crippen molar-refractivity contribution in [3.8, 4) is 0 Å². The third-order valence-corrected chi connectivity index (χ3v) is 3.17. The second-order valence-corrected chi connectivity index (χ2v) is 4.79. The fraction of sp³-hybridized carbons (Fsp3) is 0.571. The average Bonchev–Trinajstić information content (AvgIpc) is 2.92. The predicted molar refractivity (Wildman–Crippen MR) is 77.1 cm³/mol. The van der Waals surface area contributed by atoms with E-state index >= 15 is 0 Å². The summed E-state index contributed by atoms with van der Waals surface area (Å²) in [6.07, 6.45) is 8.13. The molecule has 0 saturated carbocycles. The highest BCUT2D eigenvalue weighted by Gasteiger charge is 2.15. The summed E-state index contributed by atoms with van der Waals surface area (Å²) in [5, 5.41) is 15.6. The van der Waals surface area contributed by atoms with Crippen molar-refractivity contribution >= 4 is 0 Å². The van der Waals surface area contributed by atoms with Crippen molar-refractivity contribution in [3.63, 3.8) is 0 Å². The molecule has 2 heterocycles. The van der Waals surface area contributed by atoms with Crippen LogP contribution in [0.4, 0.5) is 0 Å². The Bertz CT molecular complexity index is 495. The van der Waals surface area contributed by atoms with E-state index in [9.17, 15) is 0 Å². The van der Waals surface area contributed by atoms with Gasteiger partial charge in [0, 0.05) is 25.2 Å². The summed E-state index contributed by atoms with van der Waals surface area (Å²) >= 11 is 0. The van der Waals surface area contributed by atoms with Gasteiger partial charge in [-0.2, -0.15) is 15.3 Å². The van der Waals surface area contributed by atoms with Crippen LogP contribution in [0.2, 0.25) is 0 Å². The highest BCUT2D eigenvalue weighted by atomic mass is 15.3. The van der Waals surface area contributed by atoms with Crippen LogP contribution < -0.4 is 5.32 Å². The SMILES string of the molecule is CCCNC(Cc1ncnn1CCC)c1ccnnc1. The molecule has 2 rings (SSSR count). The molecule has 108 valence electrons. The standard InChI is InChI=1S/C14H22N6/c1-3-6-15-13(12-5-7-17-18-10-12)9-14-16-11-19-20(14)8-4-2/h5,7,10-11,13,15H,3-4,6,8-9H2,1-2H3. The first-order chi connectivity index (χ1) is 9.85.